The number of amides is 1. The number of hydrogen-bond donors (Lipinski definition) is 0. The molecular formula is C18H14ClF2N3OS. The summed E-state index contributed by atoms with van der Waals surface area (Å²) >= 11 is 7.35. The molecule has 1 aromatic heterocycles. The summed E-state index contributed by atoms with van der Waals surface area (Å²) < 4.78 is 27.7. The molecule has 1 fully saturated rings. The predicted molar refractivity (Wildman–Crippen MR) is 99.1 cm³/mol. The zero-order chi connectivity index (χ0) is 18.3. The minimum atomic E-state index is -0.657. The van der Waals surface area contributed by atoms with Gasteiger partial charge < -0.3 is 9.80 Å². The number of benzene rings is 2. The minimum absolute atomic E-state index is 0.104. The lowest BCUT2D eigenvalue weighted by atomic mass is 10.2. The van der Waals surface area contributed by atoms with Gasteiger partial charge in [-0.15, -0.1) is 0 Å². The number of anilines is 1. The van der Waals surface area contributed by atoms with Crippen molar-refractivity contribution in [3.63, 3.8) is 0 Å². The van der Waals surface area contributed by atoms with Gasteiger partial charge >= 0.3 is 0 Å². The lowest BCUT2D eigenvalue weighted by Crippen LogP contribution is -2.48. The van der Waals surface area contributed by atoms with E-state index in [2.05, 4.69) is 4.98 Å². The van der Waals surface area contributed by atoms with E-state index in [1.807, 2.05) is 4.90 Å². The van der Waals surface area contributed by atoms with Crippen molar-refractivity contribution in [3.05, 3.63) is 58.6 Å². The Balaban J connectivity index is 1.49. The van der Waals surface area contributed by atoms with Gasteiger partial charge in [0.1, 0.15) is 11.3 Å². The molecule has 3 aromatic rings. The molecule has 2 heterocycles. The van der Waals surface area contributed by atoms with Crippen LogP contribution in [0.2, 0.25) is 5.02 Å². The van der Waals surface area contributed by atoms with Crippen molar-refractivity contribution in [2.24, 2.45) is 0 Å². The van der Waals surface area contributed by atoms with Crippen molar-refractivity contribution in [3.8, 4) is 0 Å². The number of carbonyl (C=O) groups excluding carboxylic acids is 1. The molecule has 8 heteroatoms. The molecule has 2 aromatic carbocycles. The summed E-state index contributed by atoms with van der Waals surface area (Å²) in [6.45, 7) is 2.16. The Hall–Kier alpha value is -2.25. The van der Waals surface area contributed by atoms with E-state index in [1.54, 1.807) is 29.2 Å². The molecule has 1 aliphatic rings. The van der Waals surface area contributed by atoms with E-state index in [-0.39, 0.29) is 11.4 Å². The third kappa shape index (κ3) is 3.12. The third-order valence-corrected chi connectivity index (χ3v) is 5.74. The maximum atomic E-state index is 13.8. The molecule has 4 rings (SSSR count). The highest BCUT2D eigenvalue weighted by atomic mass is 35.5. The number of fused-ring (bicyclic) bond motifs is 1. The molecule has 0 atom stereocenters. The van der Waals surface area contributed by atoms with E-state index in [1.165, 1.54) is 17.4 Å². The molecule has 0 saturated carbocycles. The number of rotatable bonds is 2. The molecule has 1 saturated heterocycles. The zero-order valence-electron chi connectivity index (χ0n) is 13.6. The van der Waals surface area contributed by atoms with E-state index in [9.17, 15) is 13.6 Å². The fourth-order valence-corrected chi connectivity index (χ4v) is 4.26. The summed E-state index contributed by atoms with van der Waals surface area (Å²) in [5, 5.41) is 1.07. The molecule has 26 heavy (non-hydrogen) atoms. The van der Waals surface area contributed by atoms with Crippen LogP contribution in [0.15, 0.2) is 36.4 Å². The third-order valence-electron chi connectivity index (χ3n) is 4.34. The lowest BCUT2D eigenvalue weighted by molar-refractivity contribution is 0.0747. The number of carbonyl (C=O) groups is 1. The average molecular weight is 394 g/mol. The summed E-state index contributed by atoms with van der Waals surface area (Å²) in [6, 6.07) is 9.10. The van der Waals surface area contributed by atoms with Crippen LogP contribution >= 0.6 is 22.9 Å². The van der Waals surface area contributed by atoms with Crippen LogP contribution in [0, 0.1) is 11.6 Å². The van der Waals surface area contributed by atoms with Crippen molar-refractivity contribution in [2.75, 3.05) is 31.1 Å². The topological polar surface area (TPSA) is 36.4 Å². The Kier molecular flexibility index (Phi) is 4.50. The SMILES string of the molecule is O=C(c1ccccc1Cl)N1CCN(c2nc3c(F)cc(F)cc3s2)CC1. The molecule has 0 unspecified atom stereocenters. The molecule has 0 spiro atoms. The molecule has 0 radical (unpaired) electrons. The van der Waals surface area contributed by atoms with Gasteiger partial charge in [-0.1, -0.05) is 35.1 Å². The van der Waals surface area contributed by atoms with E-state index >= 15 is 0 Å². The maximum Gasteiger partial charge on any atom is 0.255 e. The van der Waals surface area contributed by atoms with Crippen LogP contribution in [0.5, 0.6) is 0 Å². The van der Waals surface area contributed by atoms with Gasteiger partial charge in [0.2, 0.25) is 0 Å². The number of piperazine rings is 1. The van der Waals surface area contributed by atoms with E-state index in [0.717, 1.165) is 6.07 Å². The fourth-order valence-electron chi connectivity index (χ4n) is 2.99. The number of nitrogens with zero attached hydrogens (tertiary/aromatic N) is 3. The standard InChI is InChI=1S/C18H14ClF2N3OS/c19-13-4-2-1-3-12(13)17(25)23-5-7-24(8-6-23)18-22-16-14(21)9-11(20)10-15(16)26-18/h1-4,9-10H,5-8H2. The van der Waals surface area contributed by atoms with Crippen LogP contribution < -0.4 is 4.90 Å². The fraction of sp³-hybridized carbons (Fsp3) is 0.222. The second-order valence-electron chi connectivity index (χ2n) is 5.99. The molecule has 1 aliphatic heterocycles. The van der Waals surface area contributed by atoms with Crippen molar-refractivity contribution >= 4 is 44.2 Å². The molecule has 1 amide bonds. The highest BCUT2D eigenvalue weighted by Crippen LogP contribution is 2.31. The first-order valence-corrected chi connectivity index (χ1v) is 9.27. The molecule has 4 nitrogen and oxygen atoms in total. The molecule has 0 bridgehead atoms. The highest BCUT2D eigenvalue weighted by Gasteiger charge is 2.25. The van der Waals surface area contributed by atoms with Crippen molar-refractivity contribution in [2.45, 2.75) is 0 Å². The number of halogens is 3. The number of hydrogen-bond acceptors (Lipinski definition) is 4. The first-order valence-electron chi connectivity index (χ1n) is 8.07. The van der Waals surface area contributed by atoms with Crippen molar-refractivity contribution in [1.82, 2.24) is 9.88 Å². The monoisotopic (exact) mass is 393 g/mol. The van der Waals surface area contributed by atoms with Crippen LogP contribution in [-0.2, 0) is 0 Å². The van der Waals surface area contributed by atoms with E-state index in [4.69, 9.17) is 11.6 Å². The average Bonchev–Trinajstić information content (AvgIpc) is 3.06. The molecule has 0 aliphatic carbocycles. The van der Waals surface area contributed by atoms with Crippen LogP contribution in [0.4, 0.5) is 13.9 Å². The summed E-state index contributed by atoms with van der Waals surface area (Å²) in [5.41, 5.74) is 0.668. The second kappa shape index (κ2) is 6.81. The maximum absolute atomic E-state index is 13.8. The Morgan fingerprint density at radius 2 is 1.85 bits per heavy atom. The van der Waals surface area contributed by atoms with Gasteiger partial charge in [0.05, 0.1) is 15.3 Å². The van der Waals surface area contributed by atoms with Gasteiger partial charge in [-0.25, -0.2) is 13.8 Å². The summed E-state index contributed by atoms with van der Waals surface area (Å²) in [6.07, 6.45) is 0. The van der Waals surface area contributed by atoms with Gasteiger partial charge in [0.25, 0.3) is 5.91 Å². The van der Waals surface area contributed by atoms with Crippen molar-refractivity contribution < 1.29 is 13.6 Å². The van der Waals surface area contributed by atoms with Gasteiger partial charge in [0.15, 0.2) is 10.9 Å². The Labute approximate surface area is 157 Å². The van der Waals surface area contributed by atoms with Crippen LogP contribution in [0.3, 0.4) is 0 Å². The van der Waals surface area contributed by atoms with E-state index in [0.29, 0.717) is 46.6 Å². The minimum Gasteiger partial charge on any atom is -0.345 e. The summed E-state index contributed by atoms with van der Waals surface area (Å²) in [7, 11) is 0. The Bertz CT molecular complexity index is 986. The summed E-state index contributed by atoms with van der Waals surface area (Å²) in [4.78, 5) is 20.6. The molecule has 134 valence electrons. The predicted octanol–water partition coefficient (Wildman–Crippen LogP) is 4.19. The van der Waals surface area contributed by atoms with Gasteiger partial charge in [-0.3, -0.25) is 4.79 Å². The quantitative estimate of drug-likeness (QED) is 0.655. The Morgan fingerprint density at radius 1 is 1.12 bits per heavy atom. The van der Waals surface area contributed by atoms with Crippen LogP contribution in [0.25, 0.3) is 10.2 Å². The smallest absolute Gasteiger partial charge is 0.255 e. The molecule has 0 N–H and O–H groups in total. The van der Waals surface area contributed by atoms with Crippen molar-refractivity contribution in [1.29, 1.82) is 0 Å². The van der Waals surface area contributed by atoms with Gasteiger partial charge in [-0.05, 0) is 18.2 Å². The van der Waals surface area contributed by atoms with Gasteiger partial charge in [0, 0.05) is 32.2 Å². The van der Waals surface area contributed by atoms with Crippen LogP contribution in [0.1, 0.15) is 10.4 Å². The second-order valence-corrected chi connectivity index (χ2v) is 7.41. The van der Waals surface area contributed by atoms with Crippen LogP contribution in [-0.4, -0.2) is 42.0 Å². The van der Waals surface area contributed by atoms with E-state index < -0.39 is 11.6 Å². The zero-order valence-corrected chi connectivity index (χ0v) is 15.2. The lowest BCUT2D eigenvalue weighted by Gasteiger charge is -2.34. The number of thiazole rings is 1. The highest BCUT2D eigenvalue weighted by molar-refractivity contribution is 7.22. The Morgan fingerprint density at radius 3 is 2.58 bits per heavy atom. The first-order chi connectivity index (χ1) is 12.5. The normalized spacial score (nSPS) is 14.9. The largest absolute Gasteiger partial charge is 0.345 e. The number of aromatic nitrogens is 1. The summed E-state index contributed by atoms with van der Waals surface area (Å²) in [5.74, 6) is -1.37. The first kappa shape index (κ1) is 17.2. The van der Waals surface area contributed by atoms with Gasteiger partial charge in [-0.2, -0.15) is 0 Å². The molecular weight excluding hydrogens is 380 g/mol.